The van der Waals surface area contributed by atoms with Gasteiger partial charge in [-0.25, -0.2) is 4.79 Å². The SMILES string of the molecule is CC.CC(C)C(O)C[C@H](O)C(O)CN(C)Cc1ccc(C(=O)O)cc1.CC=C(C)C[C@@H](O)CC(O)CO.OC[C@@H]1CC(O)C[C@H](O)O1. The standard InChI is InChI=1S/C17H27NO5.C9H18O3.C6H12O4.C2H6/c1-11(2)14(19)8-15(20)16(21)10-18(3)9-12-4-6-13(7-5-12)17(22)23;1-3-7(2)4-8(11)5-9(12)6-10;7-3-5-1-4(8)2-6(9)10-5;1-2/h4-7,11,14-16,19-21H,8-10H2,1-3H3,(H,22,23);3,8-12H,4-6H2,1-2H3;4-9H,1-3H2;1-2H3/t14?,15-,16?;8-,9?;4?,5-,6+;/m010./s1. The van der Waals surface area contributed by atoms with Gasteiger partial charge in [0.15, 0.2) is 6.29 Å². The Morgan fingerprint density at radius 3 is 1.96 bits per heavy atom. The average molecular weight is 678 g/mol. The van der Waals surface area contributed by atoms with Crippen molar-refractivity contribution in [1.82, 2.24) is 4.90 Å². The van der Waals surface area contributed by atoms with E-state index < -0.39 is 55.0 Å². The van der Waals surface area contributed by atoms with Crippen molar-refractivity contribution in [2.45, 2.75) is 129 Å². The van der Waals surface area contributed by atoms with Crippen LogP contribution in [0.2, 0.25) is 0 Å². The summed E-state index contributed by atoms with van der Waals surface area (Å²) >= 11 is 0. The summed E-state index contributed by atoms with van der Waals surface area (Å²) < 4.78 is 4.85. The predicted octanol–water partition coefficient (Wildman–Crippen LogP) is 1.26. The van der Waals surface area contributed by atoms with Crippen LogP contribution in [0.4, 0.5) is 0 Å². The Kier molecular flexibility index (Phi) is 26.9. The van der Waals surface area contributed by atoms with Crippen molar-refractivity contribution in [1.29, 1.82) is 0 Å². The van der Waals surface area contributed by atoms with Crippen LogP contribution in [0.25, 0.3) is 0 Å². The van der Waals surface area contributed by atoms with Crippen LogP contribution >= 0.6 is 0 Å². The Morgan fingerprint density at radius 1 is 0.936 bits per heavy atom. The number of carboxylic acids is 1. The van der Waals surface area contributed by atoms with Gasteiger partial charge in [0.1, 0.15) is 0 Å². The molecule has 0 amide bonds. The molecule has 276 valence electrons. The van der Waals surface area contributed by atoms with Gasteiger partial charge in [0.25, 0.3) is 0 Å². The Balaban J connectivity index is 0. The number of ether oxygens (including phenoxy) is 1. The Morgan fingerprint density at radius 2 is 1.51 bits per heavy atom. The quantitative estimate of drug-likeness (QED) is 0.118. The Bertz CT molecular complexity index is 936. The number of likely N-dealkylation sites (N-methyl/N-ethyl adjacent to an activating group) is 1. The van der Waals surface area contributed by atoms with E-state index in [2.05, 4.69) is 0 Å². The summed E-state index contributed by atoms with van der Waals surface area (Å²) in [5.41, 5.74) is 2.24. The molecule has 1 heterocycles. The van der Waals surface area contributed by atoms with E-state index in [1.54, 1.807) is 19.2 Å². The maximum atomic E-state index is 10.8. The van der Waals surface area contributed by atoms with E-state index in [9.17, 15) is 25.2 Å². The zero-order valence-electron chi connectivity index (χ0n) is 29.2. The van der Waals surface area contributed by atoms with Gasteiger partial charge >= 0.3 is 5.97 Å². The van der Waals surface area contributed by atoms with Gasteiger partial charge in [0.05, 0.1) is 61.5 Å². The number of benzene rings is 1. The minimum atomic E-state index is -0.982. The van der Waals surface area contributed by atoms with E-state index in [-0.39, 0.29) is 50.5 Å². The van der Waals surface area contributed by atoms with Gasteiger partial charge in [-0.3, -0.25) is 4.90 Å². The fourth-order valence-corrected chi connectivity index (χ4v) is 4.29. The molecule has 1 aromatic carbocycles. The number of rotatable bonds is 15. The number of aliphatic hydroxyl groups is 9. The first-order valence-corrected chi connectivity index (χ1v) is 16.3. The summed E-state index contributed by atoms with van der Waals surface area (Å²) in [6.45, 7) is 11.9. The zero-order chi connectivity index (χ0) is 36.7. The van der Waals surface area contributed by atoms with Crippen LogP contribution in [-0.4, -0.2) is 138 Å². The summed E-state index contributed by atoms with van der Waals surface area (Å²) in [5.74, 6) is -0.936. The lowest BCUT2D eigenvalue weighted by Gasteiger charge is -2.28. The van der Waals surface area contributed by atoms with Crippen molar-refractivity contribution in [2.75, 3.05) is 26.8 Å². The molecule has 1 fully saturated rings. The normalized spacial score (nSPS) is 21.1. The number of aliphatic hydroxyl groups excluding tert-OH is 9. The maximum absolute atomic E-state index is 10.8. The average Bonchev–Trinajstić information content (AvgIpc) is 3.01. The molecule has 0 saturated carbocycles. The third-order valence-electron chi connectivity index (χ3n) is 7.22. The lowest BCUT2D eigenvalue weighted by atomic mass is 9.98. The van der Waals surface area contributed by atoms with Gasteiger partial charge in [0, 0.05) is 38.8 Å². The minimum Gasteiger partial charge on any atom is -0.478 e. The van der Waals surface area contributed by atoms with Crippen molar-refractivity contribution < 1.29 is 60.6 Å². The molecule has 2 rings (SSSR count). The number of nitrogens with zero attached hydrogens (tertiary/aromatic N) is 1. The molecule has 47 heavy (non-hydrogen) atoms. The van der Waals surface area contributed by atoms with E-state index in [0.717, 1.165) is 11.1 Å². The molecule has 10 N–H and O–H groups in total. The molecule has 0 aliphatic carbocycles. The summed E-state index contributed by atoms with van der Waals surface area (Å²) in [6.07, 6.45) is -2.27. The Labute approximate surface area is 280 Å². The highest BCUT2D eigenvalue weighted by molar-refractivity contribution is 5.87. The molecule has 4 unspecified atom stereocenters. The van der Waals surface area contributed by atoms with E-state index in [0.29, 0.717) is 19.4 Å². The highest BCUT2D eigenvalue weighted by Crippen LogP contribution is 2.17. The second-order valence-corrected chi connectivity index (χ2v) is 12.0. The lowest BCUT2D eigenvalue weighted by molar-refractivity contribution is -0.197. The van der Waals surface area contributed by atoms with Gasteiger partial charge < -0.3 is 55.8 Å². The summed E-state index contributed by atoms with van der Waals surface area (Å²) in [6, 6.07) is 6.53. The lowest BCUT2D eigenvalue weighted by Crippen LogP contribution is -2.39. The van der Waals surface area contributed by atoms with Crippen LogP contribution in [0.5, 0.6) is 0 Å². The first-order chi connectivity index (χ1) is 22.0. The molecular weight excluding hydrogens is 614 g/mol. The fraction of sp³-hybridized carbons (Fsp3) is 0.735. The Hall–Kier alpha value is -2.01. The molecular formula is C34H63NO12. The summed E-state index contributed by atoms with van der Waals surface area (Å²) in [4.78, 5) is 12.6. The van der Waals surface area contributed by atoms with Crippen molar-refractivity contribution in [3.05, 3.63) is 47.0 Å². The van der Waals surface area contributed by atoms with Crippen LogP contribution in [0, 0.1) is 5.92 Å². The van der Waals surface area contributed by atoms with Gasteiger partial charge in [0.2, 0.25) is 0 Å². The molecule has 1 aliphatic rings. The molecule has 0 radical (unpaired) electrons. The number of hydrogen-bond acceptors (Lipinski definition) is 12. The number of carboxylic acid groups (broad SMARTS) is 1. The van der Waals surface area contributed by atoms with E-state index in [1.807, 2.05) is 52.5 Å². The van der Waals surface area contributed by atoms with Crippen molar-refractivity contribution in [2.24, 2.45) is 5.92 Å². The van der Waals surface area contributed by atoms with Crippen LogP contribution in [0.15, 0.2) is 35.9 Å². The van der Waals surface area contributed by atoms with Gasteiger partial charge in [-0.2, -0.15) is 0 Å². The highest BCUT2D eigenvalue weighted by Gasteiger charge is 2.26. The second kappa shape index (κ2) is 26.9. The fourth-order valence-electron chi connectivity index (χ4n) is 4.29. The van der Waals surface area contributed by atoms with Crippen molar-refractivity contribution >= 4 is 5.97 Å². The second-order valence-electron chi connectivity index (χ2n) is 12.0. The van der Waals surface area contributed by atoms with Gasteiger partial charge in [-0.1, -0.05) is 51.5 Å². The zero-order valence-corrected chi connectivity index (χ0v) is 29.2. The van der Waals surface area contributed by atoms with Crippen molar-refractivity contribution in [3.8, 4) is 0 Å². The molecule has 13 nitrogen and oxygen atoms in total. The van der Waals surface area contributed by atoms with Crippen LogP contribution < -0.4 is 0 Å². The molecule has 1 saturated heterocycles. The molecule has 1 aromatic rings. The first kappa shape index (κ1) is 47.1. The maximum Gasteiger partial charge on any atom is 0.335 e. The number of aromatic carboxylic acids is 1. The van der Waals surface area contributed by atoms with E-state index in [1.165, 1.54) is 12.1 Å². The van der Waals surface area contributed by atoms with E-state index in [4.69, 9.17) is 35.4 Å². The molecule has 0 spiro atoms. The van der Waals surface area contributed by atoms with Crippen LogP contribution in [0.1, 0.15) is 89.6 Å². The van der Waals surface area contributed by atoms with E-state index >= 15 is 0 Å². The van der Waals surface area contributed by atoms with Gasteiger partial charge in [-0.15, -0.1) is 0 Å². The molecule has 0 bridgehead atoms. The van der Waals surface area contributed by atoms with Crippen LogP contribution in [-0.2, 0) is 11.3 Å². The largest absolute Gasteiger partial charge is 0.478 e. The number of allylic oxidation sites excluding steroid dienone is 1. The topological polar surface area (TPSA) is 232 Å². The number of carbonyl (C=O) groups is 1. The monoisotopic (exact) mass is 677 g/mol. The smallest absolute Gasteiger partial charge is 0.335 e. The first-order valence-electron chi connectivity index (χ1n) is 16.3. The molecule has 8 atom stereocenters. The third kappa shape index (κ3) is 23.1. The summed E-state index contributed by atoms with van der Waals surface area (Å²) in [5, 5.41) is 91.9. The van der Waals surface area contributed by atoms with Crippen molar-refractivity contribution in [3.63, 3.8) is 0 Å². The van der Waals surface area contributed by atoms with Crippen LogP contribution in [0.3, 0.4) is 0 Å². The number of hydrogen-bond donors (Lipinski definition) is 10. The predicted molar refractivity (Wildman–Crippen MR) is 180 cm³/mol. The summed E-state index contributed by atoms with van der Waals surface area (Å²) in [7, 11) is 1.81. The third-order valence-corrected chi connectivity index (χ3v) is 7.22. The molecule has 0 aromatic heterocycles. The van der Waals surface area contributed by atoms with Gasteiger partial charge in [-0.05, 0) is 50.9 Å². The highest BCUT2D eigenvalue weighted by atomic mass is 16.6. The minimum absolute atomic E-state index is 0.0299. The molecule has 13 heteroatoms. The molecule has 1 aliphatic heterocycles.